The van der Waals surface area contributed by atoms with Gasteiger partial charge in [-0.2, -0.15) is 0 Å². The SMILES string of the molecule is O.O=C(O)c1ccc(C(=O)O)cc1.O=C1CCCN1Cc1cccc(OC[C@@H](O)CN2CCC(c3ccc(Cl)c(Cl)c3)CC2)c1. The third-order valence-electron chi connectivity index (χ3n) is 7.74. The van der Waals surface area contributed by atoms with Crippen LogP contribution in [0.2, 0.25) is 10.0 Å². The van der Waals surface area contributed by atoms with Gasteiger partial charge in [0.2, 0.25) is 5.91 Å². The number of carbonyl (C=O) groups is 3. The van der Waals surface area contributed by atoms with E-state index in [0.717, 1.165) is 50.2 Å². The van der Waals surface area contributed by atoms with E-state index in [-0.39, 0.29) is 29.1 Å². The molecule has 0 spiro atoms. The molecule has 5 rings (SSSR count). The van der Waals surface area contributed by atoms with Gasteiger partial charge < -0.3 is 35.3 Å². The Kier molecular flexibility index (Phi) is 13.6. The van der Waals surface area contributed by atoms with Crippen molar-refractivity contribution in [2.75, 3.05) is 32.8 Å². The van der Waals surface area contributed by atoms with E-state index in [1.165, 1.54) is 29.8 Å². The molecule has 45 heavy (non-hydrogen) atoms. The Morgan fingerprint density at radius 1 is 0.889 bits per heavy atom. The van der Waals surface area contributed by atoms with E-state index in [1.54, 1.807) is 0 Å². The third-order valence-corrected chi connectivity index (χ3v) is 8.48. The van der Waals surface area contributed by atoms with Crippen molar-refractivity contribution in [2.24, 2.45) is 0 Å². The van der Waals surface area contributed by atoms with Crippen LogP contribution in [-0.2, 0) is 11.3 Å². The van der Waals surface area contributed by atoms with Gasteiger partial charge in [0.25, 0.3) is 0 Å². The van der Waals surface area contributed by atoms with Crippen molar-refractivity contribution < 1.29 is 39.9 Å². The monoisotopic (exact) mass is 660 g/mol. The molecule has 2 heterocycles. The van der Waals surface area contributed by atoms with Crippen LogP contribution in [-0.4, -0.2) is 87.3 Å². The topological polar surface area (TPSA) is 159 Å². The molecule has 3 aromatic carbocycles. The predicted octanol–water partition coefficient (Wildman–Crippen LogP) is 4.99. The second-order valence-electron chi connectivity index (χ2n) is 11.0. The number of benzene rings is 3. The molecule has 0 aromatic heterocycles. The number of amides is 1. The van der Waals surface area contributed by atoms with Crippen LogP contribution in [0.5, 0.6) is 5.75 Å². The highest BCUT2D eigenvalue weighted by molar-refractivity contribution is 6.42. The summed E-state index contributed by atoms with van der Waals surface area (Å²) in [4.78, 5) is 36.7. The van der Waals surface area contributed by atoms with Gasteiger partial charge in [0.1, 0.15) is 18.5 Å². The van der Waals surface area contributed by atoms with Crippen molar-refractivity contribution in [1.82, 2.24) is 9.80 Å². The quantitative estimate of drug-likeness (QED) is 0.274. The Morgan fingerprint density at radius 3 is 2.09 bits per heavy atom. The Morgan fingerprint density at radius 2 is 1.53 bits per heavy atom. The fraction of sp³-hybridized carbons (Fsp3) is 0.364. The molecule has 5 N–H and O–H groups in total. The highest BCUT2D eigenvalue weighted by Gasteiger charge is 2.23. The first-order valence-electron chi connectivity index (χ1n) is 14.5. The number of β-amino-alcohol motifs (C(OH)–C–C–N with tert-alkyl or cyclic N) is 1. The van der Waals surface area contributed by atoms with Gasteiger partial charge in [-0.1, -0.05) is 41.4 Å². The molecular weight excluding hydrogens is 623 g/mol. The fourth-order valence-corrected chi connectivity index (χ4v) is 5.65. The number of piperidine rings is 1. The zero-order valence-corrected chi connectivity index (χ0v) is 26.2. The minimum absolute atomic E-state index is 0. The van der Waals surface area contributed by atoms with Crippen molar-refractivity contribution in [1.29, 1.82) is 0 Å². The Balaban J connectivity index is 0.000000359. The molecule has 0 saturated carbocycles. The number of carbonyl (C=O) groups excluding carboxylic acids is 1. The van der Waals surface area contributed by atoms with Crippen LogP contribution in [0.15, 0.2) is 66.7 Å². The number of halogens is 2. The summed E-state index contributed by atoms with van der Waals surface area (Å²) in [5, 5.41) is 28.6. The highest BCUT2D eigenvalue weighted by Crippen LogP contribution is 2.32. The lowest BCUT2D eigenvalue weighted by Crippen LogP contribution is -2.40. The summed E-state index contributed by atoms with van der Waals surface area (Å²) >= 11 is 12.2. The summed E-state index contributed by atoms with van der Waals surface area (Å²) in [5.74, 6) is -0.709. The lowest BCUT2D eigenvalue weighted by atomic mass is 9.89. The first kappa shape index (κ1) is 35.8. The maximum absolute atomic E-state index is 11.8. The molecule has 2 aliphatic rings. The number of hydrogen-bond donors (Lipinski definition) is 3. The number of aliphatic hydroxyl groups is 1. The van der Waals surface area contributed by atoms with Crippen LogP contribution in [0.1, 0.15) is 63.4 Å². The van der Waals surface area contributed by atoms with E-state index in [0.29, 0.717) is 35.5 Å². The smallest absolute Gasteiger partial charge is 0.335 e. The number of aromatic carboxylic acids is 2. The molecule has 0 radical (unpaired) electrons. The van der Waals surface area contributed by atoms with Crippen LogP contribution in [0.3, 0.4) is 0 Å². The number of aliphatic hydroxyl groups excluding tert-OH is 1. The molecule has 0 aliphatic carbocycles. The van der Waals surface area contributed by atoms with Gasteiger partial charge in [0.15, 0.2) is 0 Å². The fourth-order valence-electron chi connectivity index (χ4n) is 5.34. The molecule has 2 saturated heterocycles. The molecule has 3 aromatic rings. The molecule has 1 amide bonds. The maximum Gasteiger partial charge on any atom is 0.335 e. The van der Waals surface area contributed by atoms with Gasteiger partial charge in [-0.05, 0) is 97.9 Å². The van der Waals surface area contributed by atoms with Crippen molar-refractivity contribution in [3.8, 4) is 5.75 Å². The first-order valence-corrected chi connectivity index (χ1v) is 15.3. The number of carboxylic acid groups (broad SMARTS) is 2. The average Bonchev–Trinajstić information content (AvgIpc) is 3.42. The summed E-state index contributed by atoms with van der Waals surface area (Å²) in [7, 11) is 0. The second-order valence-corrected chi connectivity index (χ2v) is 11.8. The number of hydrogen-bond acceptors (Lipinski definition) is 6. The number of likely N-dealkylation sites (tertiary alicyclic amines) is 2. The normalized spacial score (nSPS) is 15.9. The van der Waals surface area contributed by atoms with Crippen molar-refractivity contribution in [3.05, 3.63) is 99.0 Å². The second kappa shape index (κ2) is 17.1. The van der Waals surface area contributed by atoms with Crippen LogP contribution in [0, 0.1) is 0 Å². The summed E-state index contributed by atoms with van der Waals surface area (Å²) in [6.45, 7) is 4.15. The summed E-state index contributed by atoms with van der Waals surface area (Å²) < 4.78 is 5.85. The van der Waals surface area contributed by atoms with Crippen LogP contribution < -0.4 is 4.74 Å². The predicted molar refractivity (Wildman–Crippen MR) is 171 cm³/mol. The summed E-state index contributed by atoms with van der Waals surface area (Å²) in [5.41, 5.74) is 2.45. The molecule has 2 fully saturated rings. The lowest BCUT2D eigenvalue weighted by molar-refractivity contribution is -0.128. The molecule has 2 aliphatic heterocycles. The van der Waals surface area contributed by atoms with Crippen LogP contribution >= 0.6 is 23.2 Å². The van der Waals surface area contributed by atoms with Gasteiger partial charge in [-0.25, -0.2) is 9.59 Å². The Bertz CT molecular complexity index is 1410. The highest BCUT2D eigenvalue weighted by atomic mass is 35.5. The zero-order chi connectivity index (χ0) is 31.6. The zero-order valence-electron chi connectivity index (χ0n) is 24.7. The lowest BCUT2D eigenvalue weighted by Gasteiger charge is -2.33. The van der Waals surface area contributed by atoms with Gasteiger partial charge in [0.05, 0.1) is 21.2 Å². The van der Waals surface area contributed by atoms with Gasteiger partial charge in [-0.15, -0.1) is 0 Å². The minimum Gasteiger partial charge on any atom is -0.491 e. The number of ether oxygens (including phenoxy) is 1. The summed E-state index contributed by atoms with van der Waals surface area (Å²) in [6.07, 6.45) is 3.09. The average molecular weight is 662 g/mol. The van der Waals surface area contributed by atoms with E-state index in [2.05, 4.69) is 11.0 Å². The number of nitrogens with zero attached hydrogens (tertiary/aromatic N) is 2. The van der Waals surface area contributed by atoms with Crippen molar-refractivity contribution in [2.45, 2.75) is 44.2 Å². The summed E-state index contributed by atoms with van der Waals surface area (Å²) in [6, 6.07) is 18.7. The molecule has 1 atom stereocenters. The Hall–Kier alpha value is -3.67. The maximum atomic E-state index is 11.8. The number of rotatable bonds is 10. The third kappa shape index (κ3) is 10.7. The molecule has 0 bridgehead atoms. The van der Waals surface area contributed by atoms with Crippen LogP contribution in [0.4, 0.5) is 0 Å². The van der Waals surface area contributed by atoms with E-state index < -0.39 is 18.0 Å². The van der Waals surface area contributed by atoms with E-state index in [1.807, 2.05) is 41.3 Å². The van der Waals surface area contributed by atoms with Gasteiger partial charge in [0, 0.05) is 26.1 Å². The molecule has 12 heteroatoms. The van der Waals surface area contributed by atoms with Crippen molar-refractivity contribution in [3.63, 3.8) is 0 Å². The van der Waals surface area contributed by atoms with E-state index in [9.17, 15) is 19.5 Å². The van der Waals surface area contributed by atoms with Crippen molar-refractivity contribution >= 4 is 41.0 Å². The molecular formula is C33H38Cl2N2O8. The van der Waals surface area contributed by atoms with E-state index in [4.69, 9.17) is 38.2 Å². The minimum atomic E-state index is -1.06. The van der Waals surface area contributed by atoms with E-state index >= 15 is 0 Å². The standard InChI is InChI=1S/C25H30Cl2N2O3.C8H6O4.H2O/c26-23-7-6-20(14-24(23)27)19-8-11-28(12-9-19)16-21(30)17-32-22-4-1-3-18(13-22)15-29-10-2-5-25(29)31;9-7(10)5-1-2-6(4-3-5)8(11)12;/h1,3-4,6-7,13-14,19,21,30H,2,5,8-12,15-17H2;1-4H,(H,9,10)(H,11,12);1H2/t21-;;/m0../s1. The molecule has 10 nitrogen and oxygen atoms in total. The largest absolute Gasteiger partial charge is 0.491 e. The number of carboxylic acids is 2. The van der Waals surface area contributed by atoms with Gasteiger partial charge in [-0.3, -0.25) is 4.79 Å². The molecule has 0 unspecified atom stereocenters. The Labute approximate surface area is 272 Å². The first-order chi connectivity index (χ1) is 21.1. The van der Waals surface area contributed by atoms with Gasteiger partial charge >= 0.3 is 11.9 Å². The van der Waals surface area contributed by atoms with Crippen LogP contribution in [0.25, 0.3) is 0 Å². The molecule has 242 valence electrons.